The average Bonchev–Trinajstić information content (AvgIpc) is 3.22. The minimum absolute atomic E-state index is 0.185. The first-order chi connectivity index (χ1) is 15.5. The average molecular weight is 437 g/mol. The number of methoxy groups -OCH3 is 2. The number of aromatic amines is 1. The zero-order chi connectivity index (χ0) is 22.7. The highest BCUT2D eigenvalue weighted by molar-refractivity contribution is 6.13. The lowest BCUT2D eigenvalue weighted by molar-refractivity contribution is -0.120. The molecular weight excluding hydrogens is 408 g/mol. The van der Waals surface area contributed by atoms with Crippen molar-refractivity contribution in [2.75, 3.05) is 50.6 Å². The number of nitrogens with zero attached hydrogens (tertiary/aromatic N) is 2. The van der Waals surface area contributed by atoms with Gasteiger partial charge in [0.15, 0.2) is 0 Å². The molecule has 0 aliphatic carbocycles. The number of nitrogens with one attached hydrogen (secondary N) is 2. The lowest BCUT2D eigenvalue weighted by atomic mass is 10.1. The van der Waals surface area contributed by atoms with Crippen molar-refractivity contribution in [2.24, 2.45) is 0 Å². The normalized spacial score (nSPS) is 15.4. The Morgan fingerprint density at radius 2 is 1.72 bits per heavy atom. The van der Waals surface area contributed by atoms with Crippen molar-refractivity contribution in [1.29, 1.82) is 0 Å². The number of ether oxygens (including phenoxy) is 2. The smallest absolute Gasteiger partial charge is 0.356 e. The van der Waals surface area contributed by atoms with E-state index in [4.69, 9.17) is 9.47 Å². The first kappa shape index (κ1) is 21.7. The summed E-state index contributed by atoms with van der Waals surface area (Å²) in [6.45, 7) is 5.11. The summed E-state index contributed by atoms with van der Waals surface area (Å²) in [5.41, 5.74) is 2.45. The number of rotatable bonds is 6. The highest BCUT2D eigenvalue weighted by Crippen LogP contribution is 2.35. The molecule has 0 radical (unpaired) electrons. The molecule has 1 aliphatic rings. The number of esters is 1. The molecule has 0 unspecified atom stereocenters. The molecule has 1 aliphatic heterocycles. The van der Waals surface area contributed by atoms with Crippen molar-refractivity contribution in [3.63, 3.8) is 0 Å². The van der Waals surface area contributed by atoms with Crippen LogP contribution < -0.4 is 15.0 Å². The first-order valence-electron chi connectivity index (χ1n) is 10.7. The molecule has 2 N–H and O–H groups in total. The van der Waals surface area contributed by atoms with Crippen LogP contribution in [-0.2, 0) is 9.53 Å². The predicted molar refractivity (Wildman–Crippen MR) is 125 cm³/mol. The maximum Gasteiger partial charge on any atom is 0.356 e. The number of H-pyrrole nitrogens is 1. The van der Waals surface area contributed by atoms with E-state index in [0.717, 1.165) is 26.2 Å². The summed E-state index contributed by atoms with van der Waals surface area (Å²) in [5, 5.41) is 3.60. The summed E-state index contributed by atoms with van der Waals surface area (Å²) in [7, 11) is 2.87. The lowest BCUT2D eigenvalue weighted by Crippen LogP contribution is -2.52. The summed E-state index contributed by atoms with van der Waals surface area (Å²) < 4.78 is 10.4. The molecule has 1 amide bonds. The van der Waals surface area contributed by atoms with Gasteiger partial charge in [-0.2, -0.15) is 0 Å². The number of hydrogen-bond donors (Lipinski definition) is 2. The third-order valence-electron chi connectivity index (χ3n) is 6.01. The molecule has 0 saturated carbocycles. The van der Waals surface area contributed by atoms with E-state index in [1.165, 1.54) is 12.8 Å². The van der Waals surface area contributed by atoms with E-state index < -0.39 is 5.97 Å². The molecular formula is C24H28N4O4. The number of piperazine rings is 1. The summed E-state index contributed by atoms with van der Waals surface area (Å²) in [6, 6.07) is 15.4. The zero-order valence-corrected chi connectivity index (χ0v) is 18.6. The number of amides is 1. The van der Waals surface area contributed by atoms with Crippen molar-refractivity contribution in [3.8, 4) is 5.75 Å². The van der Waals surface area contributed by atoms with Gasteiger partial charge in [-0.15, -0.1) is 0 Å². The predicted octanol–water partition coefficient (Wildman–Crippen LogP) is 3.11. The van der Waals surface area contributed by atoms with Crippen molar-refractivity contribution in [2.45, 2.75) is 13.0 Å². The third-order valence-corrected chi connectivity index (χ3v) is 6.01. The number of anilines is 2. The molecule has 3 aromatic rings. The molecule has 8 nitrogen and oxygen atoms in total. The fourth-order valence-electron chi connectivity index (χ4n) is 4.17. The van der Waals surface area contributed by atoms with Crippen LogP contribution in [0, 0.1) is 0 Å². The SMILES string of the molecule is COC(=O)c1[nH]c2cccc(OC)c2c1NC(=O)[C@@H](C)N1CCN(c2ccccc2)CC1. The minimum atomic E-state index is -0.553. The topological polar surface area (TPSA) is 86.9 Å². The van der Waals surface area contributed by atoms with Crippen LogP contribution in [0.2, 0.25) is 0 Å². The van der Waals surface area contributed by atoms with E-state index in [2.05, 4.69) is 32.2 Å². The van der Waals surface area contributed by atoms with Gasteiger partial charge in [-0.1, -0.05) is 24.3 Å². The first-order valence-corrected chi connectivity index (χ1v) is 10.7. The molecule has 8 heteroatoms. The van der Waals surface area contributed by atoms with Gasteiger partial charge in [0.25, 0.3) is 0 Å². The Labute approximate surface area is 187 Å². The molecule has 1 fully saturated rings. The number of benzene rings is 2. The van der Waals surface area contributed by atoms with E-state index in [1.54, 1.807) is 13.2 Å². The van der Waals surface area contributed by atoms with Crippen LogP contribution in [0.25, 0.3) is 10.9 Å². The number of hydrogen-bond acceptors (Lipinski definition) is 6. The number of fused-ring (bicyclic) bond motifs is 1. The molecule has 1 saturated heterocycles. The maximum atomic E-state index is 13.2. The van der Waals surface area contributed by atoms with Gasteiger partial charge < -0.3 is 24.7 Å². The number of para-hydroxylation sites is 1. The zero-order valence-electron chi connectivity index (χ0n) is 18.6. The molecule has 0 bridgehead atoms. The number of carbonyl (C=O) groups is 2. The second-order valence-electron chi connectivity index (χ2n) is 7.77. The van der Waals surface area contributed by atoms with E-state index in [-0.39, 0.29) is 17.6 Å². The highest BCUT2D eigenvalue weighted by atomic mass is 16.5. The molecule has 168 valence electrons. The summed E-state index contributed by atoms with van der Waals surface area (Å²) in [5.74, 6) is -0.175. The Morgan fingerprint density at radius 3 is 2.38 bits per heavy atom. The van der Waals surface area contributed by atoms with E-state index in [1.807, 2.05) is 37.3 Å². The fourth-order valence-corrected chi connectivity index (χ4v) is 4.17. The van der Waals surface area contributed by atoms with Crippen LogP contribution in [0.15, 0.2) is 48.5 Å². The second-order valence-corrected chi connectivity index (χ2v) is 7.77. The van der Waals surface area contributed by atoms with Gasteiger partial charge in [-0.3, -0.25) is 9.69 Å². The van der Waals surface area contributed by atoms with Gasteiger partial charge in [-0.25, -0.2) is 4.79 Å². The largest absolute Gasteiger partial charge is 0.496 e. The van der Waals surface area contributed by atoms with Gasteiger partial charge >= 0.3 is 5.97 Å². The van der Waals surface area contributed by atoms with Crippen molar-refractivity contribution >= 4 is 34.2 Å². The van der Waals surface area contributed by atoms with Crippen LogP contribution in [0.4, 0.5) is 11.4 Å². The van der Waals surface area contributed by atoms with Crippen LogP contribution >= 0.6 is 0 Å². The maximum absolute atomic E-state index is 13.2. The summed E-state index contributed by atoms with van der Waals surface area (Å²) in [4.78, 5) is 33.1. The quantitative estimate of drug-likeness (QED) is 0.578. The number of carbonyl (C=O) groups excluding carboxylic acids is 2. The number of aromatic nitrogens is 1. The van der Waals surface area contributed by atoms with Gasteiger partial charge in [0.05, 0.1) is 36.9 Å². The van der Waals surface area contributed by atoms with E-state index in [9.17, 15) is 9.59 Å². The van der Waals surface area contributed by atoms with Crippen LogP contribution in [0.5, 0.6) is 5.75 Å². The molecule has 2 aromatic carbocycles. The van der Waals surface area contributed by atoms with Crippen molar-refractivity contribution in [1.82, 2.24) is 9.88 Å². The van der Waals surface area contributed by atoms with Crippen LogP contribution in [0.1, 0.15) is 17.4 Å². The Kier molecular flexibility index (Phi) is 6.32. The monoisotopic (exact) mass is 436 g/mol. The summed E-state index contributed by atoms with van der Waals surface area (Å²) in [6.07, 6.45) is 0. The Hall–Kier alpha value is -3.52. The molecule has 1 atom stereocenters. The second kappa shape index (κ2) is 9.32. The van der Waals surface area contributed by atoms with Crippen LogP contribution in [0.3, 0.4) is 0 Å². The lowest BCUT2D eigenvalue weighted by Gasteiger charge is -2.38. The summed E-state index contributed by atoms with van der Waals surface area (Å²) >= 11 is 0. The molecule has 2 heterocycles. The Morgan fingerprint density at radius 1 is 1.00 bits per heavy atom. The molecule has 4 rings (SSSR count). The van der Waals surface area contributed by atoms with Crippen molar-refractivity contribution in [3.05, 3.63) is 54.2 Å². The van der Waals surface area contributed by atoms with Crippen LogP contribution in [-0.4, -0.2) is 68.2 Å². The Bertz CT molecular complexity index is 1100. The van der Waals surface area contributed by atoms with Gasteiger partial charge in [0.2, 0.25) is 5.91 Å². The Balaban J connectivity index is 1.52. The van der Waals surface area contributed by atoms with Gasteiger partial charge in [0, 0.05) is 31.9 Å². The van der Waals surface area contributed by atoms with E-state index in [0.29, 0.717) is 22.3 Å². The molecule has 1 aromatic heterocycles. The standard InChI is InChI=1S/C24H28N4O4/c1-16(27-12-14-28(15-13-27)17-8-5-4-6-9-17)23(29)26-21-20-18(10-7-11-19(20)31-2)25-22(21)24(30)32-3/h4-11,16,25H,12-15H2,1-3H3,(H,26,29)/t16-/m1/s1. The molecule has 0 spiro atoms. The van der Waals surface area contributed by atoms with Gasteiger partial charge in [-0.05, 0) is 31.2 Å². The molecule has 32 heavy (non-hydrogen) atoms. The highest BCUT2D eigenvalue weighted by Gasteiger charge is 2.29. The fraction of sp³-hybridized carbons (Fsp3) is 0.333. The van der Waals surface area contributed by atoms with E-state index >= 15 is 0 Å². The minimum Gasteiger partial charge on any atom is -0.496 e. The van der Waals surface area contributed by atoms with Gasteiger partial charge in [0.1, 0.15) is 11.4 Å². The van der Waals surface area contributed by atoms with Crippen molar-refractivity contribution < 1.29 is 19.1 Å². The third kappa shape index (κ3) is 4.13.